The number of hydrogen-bond acceptors (Lipinski definition) is 14. The van der Waals surface area contributed by atoms with E-state index in [1.807, 2.05) is 0 Å². The van der Waals surface area contributed by atoms with Gasteiger partial charge < -0.3 is 64.5 Å². The summed E-state index contributed by atoms with van der Waals surface area (Å²) in [4.78, 5) is 12.8. The van der Waals surface area contributed by atoms with Gasteiger partial charge >= 0.3 is 0 Å². The van der Waals surface area contributed by atoms with Gasteiger partial charge in [-0.15, -0.1) is 0 Å². The second kappa shape index (κ2) is 11.7. The summed E-state index contributed by atoms with van der Waals surface area (Å²) in [6.45, 7) is 0.980. The van der Waals surface area contributed by atoms with Crippen molar-refractivity contribution >= 4 is 5.78 Å². The lowest BCUT2D eigenvalue weighted by Gasteiger charge is -2.42. The van der Waals surface area contributed by atoms with Gasteiger partial charge in [-0.1, -0.05) is 12.1 Å². The van der Waals surface area contributed by atoms with Crippen molar-refractivity contribution in [1.82, 2.24) is 0 Å². The fourth-order valence-corrected chi connectivity index (χ4v) is 4.98. The Morgan fingerprint density at radius 2 is 1.49 bits per heavy atom. The number of fused-ring (bicyclic) bond motifs is 1. The van der Waals surface area contributed by atoms with Crippen molar-refractivity contribution in [3.8, 4) is 23.0 Å². The fourth-order valence-electron chi connectivity index (χ4n) is 4.98. The molecular weight excluding hydrogens is 548 g/mol. The largest absolute Gasteiger partial charge is 0.508 e. The van der Waals surface area contributed by atoms with E-state index in [-0.39, 0.29) is 29.2 Å². The Labute approximate surface area is 233 Å². The molecule has 3 heterocycles. The summed E-state index contributed by atoms with van der Waals surface area (Å²) in [6.07, 6.45) is -15.6. The Hall–Kier alpha value is -3.05. The number of aliphatic hydroxyl groups excluding tert-OH is 6. The quantitative estimate of drug-likeness (QED) is 0.202. The molecule has 41 heavy (non-hydrogen) atoms. The molecule has 3 aliphatic heterocycles. The molecule has 11 atom stereocenters. The number of phenolic OH excluding ortho intramolecular Hbond substituents is 2. The van der Waals surface area contributed by atoms with Crippen LogP contribution < -0.4 is 9.47 Å². The van der Waals surface area contributed by atoms with Crippen LogP contribution in [0.5, 0.6) is 23.0 Å². The van der Waals surface area contributed by atoms with Crippen molar-refractivity contribution in [3.05, 3.63) is 47.5 Å². The fraction of sp³-hybridized carbons (Fsp3) is 0.519. The Bertz CT molecular complexity index is 1240. The van der Waals surface area contributed by atoms with Crippen LogP contribution in [-0.2, 0) is 14.2 Å². The van der Waals surface area contributed by atoms with Gasteiger partial charge in [-0.2, -0.15) is 0 Å². The molecule has 0 unspecified atom stereocenters. The van der Waals surface area contributed by atoms with Gasteiger partial charge in [0.05, 0.1) is 19.1 Å². The molecule has 0 amide bonds. The Kier molecular flexibility index (Phi) is 8.39. The van der Waals surface area contributed by atoms with Crippen molar-refractivity contribution in [3.63, 3.8) is 0 Å². The van der Waals surface area contributed by atoms with Gasteiger partial charge in [-0.3, -0.25) is 4.79 Å². The molecule has 8 N–H and O–H groups in total. The third kappa shape index (κ3) is 5.83. The number of Topliss-reactive ketones (excluding diaryl/α,β-unsaturated/α-hetero) is 1. The van der Waals surface area contributed by atoms with Crippen molar-refractivity contribution in [2.24, 2.45) is 0 Å². The zero-order valence-corrected chi connectivity index (χ0v) is 21.8. The summed E-state index contributed by atoms with van der Waals surface area (Å²) in [7, 11) is 0. The zero-order chi connectivity index (χ0) is 29.6. The van der Waals surface area contributed by atoms with Gasteiger partial charge in [0.2, 0.25) is 6.29 Å². The smallest absolute Gasteiger partial charge is 0.229 e. The van der Waals surface area contributed by atoms with E-state index in [0.717, 1.165) is 6.07 Å². The van der Waals surface area contributed by atoms with Crippen LogP contribution in [0.3, 0.4) is 0 Å². The van der Waals surface area contributed by atoms with Crippen LogP contribution in [0.25, 0.3) is 0 Å². The number of phenols is 2. The molecule has 0 aliphatic carbocycles. The lowest BCUT2D eigenvalue weighted by Crippen LogP contribution is -2.61. The third-order valence-electron chi connectivity index (χ3n) is 7.39. The summed E-state index contributed by atoms with van der Waals surface area (Å²) >= 11 is 0. The first kappa shape index (κ1) is 29.4. The van der Waals surface area contributed by atoms with E-state index < -0.39 is 85.7 Å². The highest BCUT2D eigenvalue weighted by molar-refractivity contribution is 6.02. The average molecular weight is 581 g/mol. The van der Waals surface area contributed by atoms with Gasteiger partial charge in [-0.05, 0) is 24.6 Å². The minimum absolute atomic E-state index is 0.00149. The third-order valence-corrected chi connectivity index (χ3v) is 7.39. The summed E-state index contributed by atoms with van der Waals surface area (Å²) < 4.78 is 28.0. The van der Waals surface area contributed by atoms with Gasteiger partial charge in [0, 0.05) is 12.1 Å². The topological polar surface area (TPSA) is 225 Å². The van der Waals surface area contributed by atoms with Crippen LogP contribution in [0.2, 0.25) is 0 Å². The first-order chi connectivity index (χ1) is 19.4. The van der Waals surface area contributed by atoms with E-state index in [9.17, 15) is 45.6 Å². The Balaban J connectivity index is 1.30. The van der Waals surface area contributed by atoms with Crippen molar-refractivity contribution in [1.29, 1.82) is 0 Å². The van der Waals surface area contributed by atoms with Crippen LogP contribution in [-0.4, -0.2) is 115 Å². The molecule has 0 spiro atoms. The molecular formula is C27H32O14. The highest BCUT2D eigenvalue weighted by Crippen LogP contribution is 2.42. The van der Waals surface area contributed by atoms with E-state index >= 15 is 0 Å². The number of aromatic hydroxyl groups is 2. The predicted molar refractivity (Wildman–Crippen MR) is 134 cm³/mol. The van der Waals surface area contributed by atoms with Crippen molar-refractivity contribution in [2.45, 2.75) is 80.9 Å². The molecule has 14 heteroatoms. The normalized spacial score (nSPS) is 37.2. The summed E-state index contributed by atoms with van der Waals surface area (Å²) in [6, 6.07) is 8.51. The van der Waals surface area contributed by atoms with E-state index in [4.69, 9.17) is 23.7 Å². The number of ketones is 1. The Morgan fingerprint density at radius 3 is 2.20 bits per heavy atom. The van der Waals surface area contributed by atoms with E-state index in [1.165, 1.54) is 25.1 Å². The van der Waals surface area contributed by atoms with Crippen molar-refractivity contribution < 1.29 is 69.3 Å². The standard InChI is InChI=1S/C27H32O14/c1-10-20(31)22(33)24(35)26(38-10)37-9-18-21(32)23(34)25(36)27(41-18)39-13-6-14(29)19-15(30)8-16(40-17(19)7-13)11-2-4-12(28)5-3-11/h2-7,10,16,18,20-29,31-36H,8-9H2,1H3/t10-,16+,18-,20+,21-,22-,23-,24-,25+,26-,27-/m1/s1. The van der Waals surface area contributed by atoms with Crippen LogP contribution in [0.4, 0.5) is 0 Å². The predicted octanol–water partition coefficient (Wildman–Crippen LogP) is -1.17. The average Bonchev–Trinajstić information content (AvgIpc) is 2.94. The first-order valence-electron chi connectivity index (χ1n) is 13.0. The van der Waals surface area contributed by atoms with Gasteiger partial charge in [0.15, 0.2) is 12.1 Å². The van der Waals surface area contributed by atoms with Crippen LogP contribution in [0.1, 0.15) is 35.4 Å². The second-order valence-electron chi connectivity index (χ2n) is 10.3. The minimum atomic E-state index is -1.76. The summed E-state index contributed by atoms with van der Waals surface area (Å²) in [5.41, 5.74) is 0.550. The number of carbonyl (C=O) groups is 1. The van der Waals surface area contributed by atoms with E-state index in [0.29, 0.717) is 5.56 Å². The lowest BCUT2D eigenvalue weighted by molar-refractivity contribution is -0.318. The molecule has 0 bridgehead atoms. The minimum Gasteiger partial charge on any atom is -0.508 e. The molecule has 2 aromatic carbocycles. The molecule has 0 radical (unpaired) electrons. The lowest BCUT2D eigenvalue weighted by atomic mass is 9.95. The summed E-state index contributed by atoms with van der Waals surface area (Å²) in [5.74, 6) is -0.893. The number of benzene rings is 2. The van der Waals surface area contributed by atoms with Gasteiger partial charge in [0.1, 0.15) is 77.4 Å². The second-order valence-corrected chi connectivity index (χ2v) is 10.3. The van der Waals surface area contributed by atoms with Crippen LogP contribution >= 0.6 is 0 Å². The van der Waals surface area contributed by atoms with Gasteiger partial charge in [-0.25, -0.2) is 0 Å². The first-order valence-corrected chi connectivity index (χ1v) is 13.0. The molecule has 2 aromatic rings. The molecule has 3 aliphatic rings. The van der Waals surface area contributed by atoms with Crippen LogP contribution in [0.15, 0.2) is 36.4 Å². The maximum absolute atomic E-state index is 12.8. The maximum atomic E-state index is 12.8. The Morgan fingerprint density at radius 1 is 0.829 bits per heavy atom. The maximum Gasteiger partial charge on any atom is 0.229 e. The van der Waals surface area contributed by atoms with Gasteiger partial charge in [0.25, 0.3) is 0 Å². The monoisotopic (exact) mass is 580 g/mol. The molecule has 5 rings (SSSR count). The molecule has 2 fully saturated rings. The number of hydrogen-bond donors (Lipinski definition) is 8. The molecule has 0 saturated carbocycles. The molecule has 14 nitrogen and oxygen atoms in total. The number of ether oxygens (including phenoxy) is 5. The number of rotatable bonds is 6. The molecule has 2 saturated heterocycles. The van der Waals surface area contributed by atoms with Crippen molar-refractivity contribution in [2.75, 3.05) is 6.61 Å². The molecule has 0 aromatic heterocycles. The highest BCUT2D eigenvalue weighted by Gasteiger charge is 2.47. The summed E-state index contributed by atoms with van der Waals surface area (Å²) in [5, 5.41) is 81.5. The highest BCUT2D eigenvalue weighted by atomic mass is 16.7. The zero-order valence-electron chi connectivity index (χ0n) is 21.8. The van der Waals surface area contributed by atoms with E-state index in [1.54, 1.807) is 12.1 Å². The SMILES string of the molecule is C[C@H]1O[C@@H](OC[C@H]2O[C@@H](Oc3cc(O)c4c(c3)O[C@H](c3ccc(O)cc3)CC4=O)[C@@H](O)[C@H](O)[C@@H]2O)[C@H](O)[C@H](O)[C@H]1O. The van der Waals surface area contributed by atoms with Crippen LogP contribution in [0, 0.1) is 0 Å². The number of aliphatic hydroxyl groups is 6. The number of carbonyl (C=O) groups excluding carboxylic acids is 1. The molecule has 224 valence electrons. The van der Waals surface area contributed by atoms with E-state index in [2.05, 4.69) is 0 Å².